The van der Waals surface area contributed by atoms with Gasteiger partial charge in [-0.2, -0.15) is 5.10 Å². The number of aryl methyl sites for hydroxylation is 1. The molecule has 0 radical (unpaired) electrons. The predicted octanol–water partition coefficient (Wildman–Crippen LogP) is 3.24. The lowest BCUT2D eigenvalue weighted by Crippen LogP contribution is -2.34. The number of nitrogens with zero attached hydrogens (tertiary/aromatic N) is 4. The van der Waals surface area contributed by atoms with Gasteiger partial charge in [0.15, 0.2) is 0 Å². The third-order valence-corrected chi connectivity index (χ3v) is 6.40. The number of aromatic amines is 1. The number of fused-ring (bicyclic) bond motifs is 1. The van der Waals surface area contributed by atoms with Crippen LogP contribution in [0.15, 0.2) is 59.8 Å². The van der Waals surface area contributed by atoms with E-state index in [4.69, 9.17) is 10.1 Å². The second kappa shape index (κ2) is 9.17. The molecule has 1 aromatic carbocycles. The molecular formula is C25H28N6O2. The molecule has 3 aromatic heterocycles. The molecule has 5 rings (SSSR count). The Hall–Kier alpha value is -3.49. The number of pyridine rings is 2. The van der Waals surface area contributed by atoms with Crippen molar-refractivity contribution >= 4 is 22.3 Å². The van der Waals surface area contributed by atoms with Crippen LogP contribution in [-0.4, -0.2) is 56.0 Å². The maximum Gasteiger partial charge on any atom is 0.259 e. The van der Waals surface area contributed by atoms with Gasteiger partial charge in [0.1, 0.15) is 5.82 Å². The summed E-state index contributed by atoms with van der Waals surface area (Å²) in [6.07, 6.45) is 7.53. The number of aliphatic hydroxyl groups excluding tert-OH is 1. The summed E-state index contributed by atoms with van der Waals surface area (Å²) in [5, 5.41) is 18.1. The largest absolute Gasteiger partial charge is 0.395 e. The molecule has 0 atom stereocenters. The highest BCUT2D eigenvalue weighted by molar-refractivity contribution is 5.95. The Morgan fingerprint density at radius 2 is 1.97 bits per heavy atom. The average Bonchev–Trinajstić information content (AvgIpc) is 3.27. The molecule has 1 aliphatic rings. The second-order valence-corrected chi connectivity index (χ2v) is 8.62. The van der Waals surface area contributed by atoms with E-state index in [1.165, 1.54) is 5.56 Å². The number of benzene rings is 1. The number of piperidine rings is 1. The summed E-state index contributed by atoms with van der Waals surface area (Å²) in [7, 11) is 1.87. The molecule has 0 amide bonds. The number of nitrogens with one attached hydrogen (secondary N) is 2. The third kappa shape index (κ3) is 4.53. The van der Waals surface area contributed by atoms with E-state index in [9.17, 15) is 4.79 Å². The van der Waals surface area contributed by atoms with Crippen LogP contribution < -0.4 is 10.9 Å². The summed E-state index contributed by atoms with van der Waals surface area (Å²) in [4.78, 5) is 22.4. The summed E-state index contributed by atoms with van der Waals surface area (Å²) < 4.78 is 1.74. The van der Waals surface area contributed by atoms with Gasteiger partial charge in [-0.1, -0.05) is 12.1 Å². The highest BCUT2D eigenvalue weighted by atomic mass is 16.3. The highest BCUT2D eigenvalue weighted by Gasteiger charge is 2.20. The summed E-state index contributed by atoms with van der Waals surface area (Å²) in [5.74, 6) is 1.06. The monoisotopic (exact) mass is 444 g/mol. The Morgan fingerprint density at radius 3 is 2.67 bits per heavy atom. The molecular weight excluding hydrogens is 416 g/mol. The van der Waals surface area contributed by atoms with Gasteiger partial charge >= 0.3 is 0 Å². The molecule has 0 saturated carbocycles. The quantitative estimate of drug-likeness (QED) is 0.422. The first-order chi connectivity index (χ1) is 16.1. The molecule has 4 heterocycles. The van der Waals surface area contributed by atoms with Crippen molar-refractivity contribution in [2.24, 2.45) is 7.05 Å². The minimum atomic E-state index is -0.175. The van der Waals surface area contributed by atoms with Crippen molar-refractivity contribution in [2.45, 2.75) is 18.8 Å². The minimum Gasteiger partial charge on any atom is -0.395 e. The number of rotatable bonds is 6. The van der Waals surface area contributed by atoms with Gasteiger partial charge < -0.3 is 20.3 Å². The first kappa shape index (κ1) is 21.4. The van der Waals surface area contributed by atoms with Crippen LogP contribution in [0.4, 0.5) is 11.5 Å². The van der Waals surface area contributed by atoms with Gasteiger partial charge in [0.2, 0.25) is 0 Å². The average molecular weight is 445 g/mol. The normalized spacial score (nSPS) is 15.2. The lowest BCUT2D eigenvalue weighted by Gasteiger charge is -2.31. The van der Waals surface area contributed by atoms with Crippen molar-refractivity contribution in [1.29, 1.82) is 0 Å². The fourth-order valence-electron chi connectivity index (χ4n) is 4.61. The maximum atomic E-state index is 12.6. The lowest BCUT2D eigenvalue weighted by atomic mass is 9.89. The number of H-pyrrole nitrogens is 1. The molecule has 8 heteroatoms. The Morgan fingerprint density at radius 1 is 1.18 bits per heavy atom. The SMILES string of the molecule is Cn1cc(-c2cc3cc[nH]c(=O)c3c(Nc3ccc(C4CCN(CCO)CC4)cc3)n2)cn1. The van der Waals surface area contributed by atoms with Crippen molar-refractivity contribution in [2.75, 3.05) is 31.6 Å². The Kier molecular flexibility index (Phi) is 5.93. The van der Waals surface area contributed by atoms with E-state index >= 15 is 0 Å². The molecule has 4 aromatic rings. The van der Waals surface area contributed by atoms with Crippen molar-refractivity contribution in [3.63, 3.8) is 0 Å². The van der Waals surface area contributed by atoms with Crippen LogP contribution in [0.1, 0.15) is 24.3 Å². The molecule has 170 valence electrons. The van der Waals surface area contributed by atoms with Crippen LogP contribution in [0.5, 0.6) is 0 Å². The van der Waals surface area contributed by atoms with Crippen molar-refractivity contribution in [3.05, 3.63) is 70.9 Å². The van der Waals surface area contributed by atoms with Crippen molar-refractivity contribution in [1.82, 2.24) is 24.6 Å². The maximum absolute atomic E-state index is 12.6. The van der Waals surface area contributed by atoms with Crippen LogP contribution in [0, 0.1) is 0 Å². The number of aromatic nitrogens is 4. The van der Waals surface area contributed by atoms with E-state index in [2.05, 4.69) is 44.6 Å². The molecule has 1 fully saturated rings. The van der Waals surface area contributed by atoms with E-state index in [-0.39, 0.29) is 12.2 Å². The molecule has 33 heavy (non-hydrogen) atoms. The van der Waals surface area contributed by atoms with Gasteiger partial charge in [-0.05, 0) is 67.1 Å². The fourth-order valence-corrected chi connectivity index (χ4v) is 4.61. The molecule has 0 unspecified atom stereocenters. The number of β-amino-alcohol motifs (C(OH)–C–C–N with tert-alkyl or cyclic N) is 1. The van der Waals surface area contributed by atoms with Crippen LogP contribution >= 0.6 is 0 Å². The fraction of sp³-hybridized carbons (Fsp3) is 0.320. The number of hydrogen-bond donors (Lipinski definition) is 3. The summed E-state index contributed by atoms with van der Waals surface area (Å²) in [5.41, 5.74) is 3.69. The van der Waals surface area contributed by atoms with Crippen LogP contribution in [0.25, 0.3) is 22.0 Å². The number of anilines is 2. The second-order valence-electron chi connectivity index (χ2n) is 8.62. The molecule has 3 N–H and O–H groups in total. The first-order valence-electron chi connectivity index (χ1n) is 11.3. The highest BCUT2D eigenvalue weighted by Crippen LogP contribution is 2.31. The van der Waals surface area contributed by atoms with Gasteiger partial charge in [-0.25, -0.2) is 4.98 Å². The zero-order valence-corrected chi connectivity index (χ0v) is 18.7. The molecule has 0 aliphatic carbocycles. The summed E-state index contributed by atoms with van der Waals surface area (Å²) in [6.45, 7) is 3.02. The smallest absolute Gasteiger partial charge is 0.259 e. The standard InChI is InChI=1S/C25H28N6O2/c1-30-16-20(15-27-30)22-14-19-6-9-26-25(33)23(19)24(29-22)28-21-4-2-17(3-5-21)18-7-10-31(11-8-18)12-13-32/h2-6,9,14-16,18,32H,7-8,10-13H2,1H3,(H,26,33)(H,28,29). The van der Waals surface area contributed by atoms with Crippen molar-refractivity contribution in [3.8, 4) is 11.3 Å². The van der Waals surface area contributed by atoms with Gasteiger partial charge in [0.25, 0.3) is 5.56 Å². The van der Waals surface area contributed by atoms with Gasteiger partial charge in [0, 0.05) is 37.2 Å². The third-order valence-electron chi connectivity index (χ3n) is 6.40. The van der Waals surface area contributed by atoms with Crippen LogP contribution in [0.3, 0.4) is 0 Å². The predicted molar refractivity (Wildman–Crippen MR) is 130 cm³/mol. The minimum absolute atomic E-state index is 0.175. The van der Waals surface area contributed by atoms with E-state index in [1.807, 2.05) is 25.4 Å². The van der Waals surface area contributed by atoms with E-state index in [0.29, 0.717) is 17.1 Å². The zero-order chi connectivity index (χ0) is 22.8. The number of hydrogen-bond acceptors (Lipinski definition) is 6. The zero-order valence-electron chi connectivity index (χ0n) is 18.7. The van der Waals surface area contributed by atoms with E-state index < -0.39 is 0 Å². The number of aliphatic hydroxyl groups is 1. The van der Waals surface area contributed by atoms with Gasteiger partial charge in [-0.15, -0.1) is 0 Å². The van der Waals surface area contributed by atoms with E-state index in [1.54, 1.807) is 17.1 Å². The van der Waals surface area contributed by atoms with Crippen LogP contribution in [0.2, 0.25) is 0 Å². The molecule has 0 bridgehead atoms. The molecule has 8 nitrogen and oxygen atoms in total. The topological polar surface area (TPSA) is 99.1 Å². The Bertz CT molecular complexity index is 1300. The van der Waals surface area contributed by atoms with Gasteiger partial charge in [-0.3, -0.25) is 9.48 Å². The molecule has 1 saturated heterocycles. The van der Waals surface area contributed by atoms with Gasteiger partial charge in [0.05, 0.1) is 23.9 Å². The summed E-state index contributed by atoms with van der Waals surface area (Å²) >= 11 is 0. The summed E-state index contributed by atoms with van der Waals surface area (Å²) in [6, 6.07) is 12.2. The molecule has 1 aliphatic heterocycles. The first-order valence-corrected chi connectivity index (χ1v) is 11.3. The molecule has 0 spiro atoms. The Labute approximate surface area is 191 Å². The Balaban J connectivity index is 1.41. The lowest BCUT2D eigenvalue weighted by molar-refractivity contribution is 0.164. The van der Waals surface area contributed by atoms with Crippen LogP contribution in [-0.2, 0) is 7.05 Å². The van der Waals surface area contributed by atoms with Crippen molar-refractivity contribution < 1.29 is 5.11 Å². The number of likely N-dealkylation sites (tertiary alicyclic amines) is 1. The van der Waals surface area contributed by atoms with E-state index in [0.717, 1.165) is 54.8 Å².